The van der Waals surface area contributed by atoms with E-state index in [0.29, 0.717) is 24.5 Å². The second-order valence-electron chi connectivity index (χ2n) is 6.03. The molecule has 1 N–H and O–H groups in total. The van der Waals surface area contributed by atoms with E-state index in [1.165, 1.54) is 13.5 Å². The van der Waals surface area contributed by atoms with Crippen LogP contribution in [-0.4, -0.2) is 55.8 Å². The number of piperidine rings is 1. The summed E-state index contributed by atoms with van der Waals surface area (Å²) in [7, 11) is 0.363. The smallest absolute Gasteiger partial charge is 0.279 e. The molecule has 1 saturated carbocycles. The number of nitrogens with zero attached hydrogens (tertiary/aromatic N) is 3. The van der Waals surface area contributed by atoms with Crippen LogP contribution >= 0.6 is 11.3 Å². The molecular weight excluding hydrogens is 308 g/mol. The number of nitrogens with one attached hydrogen (secondary N) is 1. The van der Waals surface area contributed by atoms with E-state index >= 15 is 0 Å². The molecule has 1 atom stereocenters. The van der Waals surface area contributed by atoms with Gasteiger partial charge in [-0.05, 0) is 31.7 Å². The quantitative estimate of drug-likeness (QED) is 0.871. The summed E-state index contributed by atoms with van der Waals surface area (Å²) in [6, 6.07) is 0.570. The summed E-state index contributed by atoms with van der Waals surface area (Å²) in [6.07, 6.45) is 4.95. The van der Waals surface area contributed by atoms with Gasteiger partial charge >= 0.3 is 0 Å². The summed E-state index contributed by atoms with van der Waals surface area (Å²) in [5.41, 5.74) is 0.325. The van der Waals surface area contributed by atoms with Gasteiger partial charge in [0.1, 0.15) is 5.01 Å². The number of aromatic nitrogens is 1. The van der Waals surface area contributed by atoms with E-state index in [1.807, 2.05) is 11.6 Å². The summed E-state index contributed by atoms with van der Waals surface area (Å²) < 4.78 is 27.6. The Morgan fingerprint density at radius 3 is 2.81 bits per heavy atom. The van der Waals surface area contributed by atoms with Crippen LogP contribution in [0.2, 0.25) is 0 Å². The fourth-order valence-corrected chi connectivity index (χ4v) is 5.04. The Kier molecular flexibility index (Phi) is 4.08. The highest BCUT2D eigenvalue weighted by Crippen LogP contribution is 2.56. The monoisotopic (exact) mass is 330 g/mol. The first kappa shape index (κ1) is 15.4. The molecule has 0 aromatic carbocycles. The van der Waals surface area contributed by atoms with Crippen molar-refractivity contribution >= 4 is 21.5 Å². The maximum Gasteiger partial charge on any atom is 0.279 e. The molecule has 2 aliphatic rings. The fraction of sp³-hybridized carbons (Fsp3) is 0.769. The van der Waals surface area contributed by atoms with Gasteiger partial charge in [0.05, 0.1) is 6.54 Å². The summed E-state index contributed by atoms with van der Waals surface area (Å²) >= 11 is 1.69. The van der Waals surface area contributed by atoms with Crippen LogP contribution in [-0.2, 0) is 16.8 Å². The third kappa shape index (κ3) is 3.00. The zero-order valence-corrected chi connectivity index (χ0v) is 14.1. The van der Waals surface area contributed by atoms with E-state index < -0.39 is 10.2 Å². The summed E-state index contributed by atoms with van der Waals surface area (Å²) in [4.78, 5) is 6.71. The first-order valence-electron chi connectivity index (χ1n) is 7.24. The molecule has 1 saturated heterocycles. The molecule has 1 unspecified atom stereocenters. The van der Waals surface area contributed by atoms with Crippen LogP contribution in [0.1, 0.15) is 24.3 Å². The van der Waals surface area contributed by atoms with Gasteiger partial charge in [-0.1, -0.05) is 0 Å². The Morgan fingerprint density at radius 1 is 1.52 bits per heavy atom. The van der Waals surface area contributed by atoms with E-state index in [0.717, 1.165) is 24.4 Å². The highest BCUT2D eigenvalue weighted by molar-refractivity contribution is 7.87. The molecule has 1 aliphatic heterocycles. The molecule has 6 nitrogen and oxygen atoms in total. The molecule has 1 spiro atoms. The molecule has 0 radical (unpaired) electrons. The first-order valence-corrected chi connectivity index (χ1v) is 9.56. The predicted molar refractivity (Wildman–Crippen MR) is 83.2 cm³/mol. The number of hydrogen-bond acceptors (Lipinski definition) is 5. The average molecular weight is 330 g/mol. The summed E-state index contributed by atoms with van der Waals surface area (Å²) in [5, 5.41) is 3.15. The highest BCUT2D eigenvalue weighted by atomic mass is 32.2. The van der Waals surface area contributed by atoms with Crippen LogP contribution in [0.3, 0.4) is 0 Å². The van der Waals surface area contributed by atoms with E-state index in [9.17, 15) is 8.42 Å². The van der Waals surface area contributed by atoms with Crippen molar-refractivity contribution in [1.29, 1.82) is 0 Å². The zero-order valence-electron chi connectivity index (χ0n) is 12.4. The van der Waals surface area contributed by atoms with Crippen molar-refractivity contribution in [3.63, 3.8) is 0 Å². The van der Waals surface area contributed by atoms with Crippen LogP contribution in [0.15, 0.2) is 11.6 Å². The zero-order chi connectivity index (χ0) is 15.1. The van der Waals surface area contributed by atoms with E-state index in [-0.39, 0.29) is 0 Å². The van der Waals surface area contributed by atoms with E-state index in [4.69, 9.17) is 0 Å². The normalized spacial score (nSPS) is 25.6. The molecule has 118 valence electrons. The van der Waals surface area contributed by atoms with E-state index in [2.05, 4.69) is 21.7 Å². The summed E-state index contributed by atoms with van der Waals surface area (Å²) in [6.45, 7) is 2.15. The number of hydrogen-bond donors (Lipinski definition) is 1. The topological polar surface area (TPSA) is 65.5 Å². The second-order valence-corrected chi connectivity index (χ2v) is 8.89. The molecule has 0 bridgehead atoms. The Morgan fingerprint density at radius 2 is 2.24 bits per heavy atom. The maximum absolute atomic E-state index is 11.8. The van der Waals surface area contributed by atoms with Crippen molar-refractivity contribution in [2.24, 2.45) is 5.41 Å². The summed E-state index contributed by atoms with van der Waals surface area (Å²) in [5.74, 6) is 0. The van der Waals surface area contributed by atoms with Crippen LogP contribution < -0.4 is 4.72 Å². The molecule has 3 rings (SSSR count). The van der Waals surface area contributed by atoms with Crippen molar-refractivity contribution in [2.45, 2.75) is 31.8 Å². The van der Waals surface area contributed by atoms with Crippen molar-refractivity contribution in [3.8, 4) is 0 Å². The van der Waals surface area contributed by atoms with Crippen molar-refractivity contribution in [2.75, 3.05) is 27.2 Å². The van der Waals surface area contributed by atoms with Gasteiger partial charge in [0.2, 0.25) is 0 Å². The van der Waals surface area contributed by atoms with Crippen LogP contribution in [0, 0.1) is 5.41 Å². The standard InChI is InChI=1S/C13H22N4O2S2/c1-14-21(18,19)17-6-3-13(4-7-17)9-11(13)16(2)10-12-15-5-8-20-12/h5,8,11,14H,3-4,6-7,9-10H2,1-2H3. The van der Waals surface area contributed by atoms with Gasteiger partial charge in [-0.3, -0.25) is 4.90 Å². The fourth-order valence-electron chi connectivity index (χ4n) is 3.44. The second kappa shape index (κ2) is 5.58. The van der Waals surface area contributed by atoms with E-state index in [1.54, 1.807) is 15.6 Å². The lowest BCUT2D eigenvalue weighted by molar-refractivity contribution is 0.196. The van der Waals surface area contributed by atoms with Gasteiger partial charge in [-0.25, -0.2) is 9.71 Å². The largest absolute Gasteiger partial charge is 0.296 e. The molecule has 0 amide bonds. The highest BCUT2D eigenvalue weighted by Gasteiger charge is 2.57. The molecule has 1 aromatic heterocycles. The van der Waals surface area contributed by atoms with Crippen LogP contribution in [0.25, 0.3) is 0 Å². The van der Waals surface area contributed by atoms with Crippen molar-refractivity contribution < 1.29 is 8.42 Å². The molecular formula is C13H22N4O2S2. The minimum Gasteiger partial charge on any atom is -0.296 e. The van der Waals surface area contributed by atoms with Gasteiger partial charge in [0, 0.05) is 37.8 Å². The molecule has 2 fully saturated rings. The van der Waals surface area contributed by atoms with Gasteiger partial charge < -0.3 is 0 Å². The Labute approximate surface area is 130 Å². The third-order valence-corrected chi connectivity index (χ3v) is 7.19. The SMILES string of the molecule is CNS(=O)(=O)N1CCC2(CC1)CC2N(C)Cc1nccs1. The third-order valence-electron chi connectivity index (χ3n) is 4.86. The lowest BCUT2D eigenvalue weighted by Crippen LogP contribution is -2.45. The van der Waals surface area contributed by atoms with Gasteiger partial charge in [-0.15, -0.1) is 11.3 Å². The van der Waals surface area contributed by atoms with Gasteiger partial charge in [0.15, 0.2) is 0 Å². The molecule has 8 heteroatoms. The number of thiazole rings is 1. The minimum absolute atomic E-state index is 0.325. The predicted octanol–water partition coefficient (Wildman–Crippen LogP) is 0.894. The van der Waals surface area contributed by atoms with Crippen LogP contribution in [0.4, 0.5) is 0 Å². The Bertz CT molecular complexity index is 579. The van der Waals surface area contributed by atoms with Crippen molar-refractivity contribution in [1.82, 2.24) is 18.9 Å². The van der Waals surface area contributed by atoms with Crippen molar-refractivity contribution in [3.05, 3.63) is 16.6 Å². The Hall–Kier alpha value is -0.540. The first-order chi connectivity index (χ1) is 9.97. The lowest BCUT2D eigenvalue weighted by atomic mass is 9.93. The average Bonchev–Trinajstić information content (AvgIpc) is 2.93. The van der Waals surface area contributed by atoms with Crippen LogP contribution in [0.5, 0.6) is 0 Å². The molecule has 1 aliphatic carbocycles. The molecule has 21 heavy (non-hydrogen) atoms. The molecule has 1 aromatic rings. The Balaban J connectivity index is 1.56. The molecule has 2 heterocycles. The number of rotatable bonds is 5. The maximum atomic E-state index is 11.8. The van der Waals surface area contributed by atoms with Gasteiger partial charge in [-0.2, -0.15) is 12.7 Å². The minimum atomic E-state index is -3.26. The van der Waals surface area contributed by atoms with Gasteiger partial charge in [0.25, 0.3) is 10.2 Å². The lowest BCUT2D eigenvalue weighted by Gasteiger charge is -2.33.